The molecule has 0 radical (unpaired) electrons. The monoisotopic (exact) mass is 409 g/mol. The van der Waals surface area contributed by atoms with Crippen molar-refractivity contribution in [2.24, 2.45) is 0 Å². The van der Waals surface area contributed by atoms with Crippen LogP contribution >= 0.6 is 11.6 Å². The molecule has 5 nitrogen and oxygen atoms in total. The van der Waals surface area contributed by atoms with Crippen molar-refractivity contribution in [1.29, 1.82) is 0 Å². The highest BCUT2D eigenvalue weighted by Crippen LogP contribution is 2.34. The Morgan fingerprint density at radius 1 is 1.10 bits per heavy atom. The zero-order chi connectivity index (χ0) is 20.8. The van der Waals surface area contributed by atoms with E-state index >= 15 is 0 Å². The van der Waals surface area contributed by atoms with Crippen molar-refractivity contribution in [3.63, 3.8) is 0 Å². The Labute approximate surface area is 173 Å². The van der Waals surface area contributed by atoms with E-state index < -0.39 is 5.63 Å². The molecule has 0 aliphatic carbocycles. The van der Waals surface area contributed by atoms with Gasteiger partial charge in [0, 0.05) is 30.6 Å². The Morgan fingerprint density at radius 2 is 1.79 bits per heavy atom. The van der Waals surface area contributed by atoms with E-state index in [4.69, 9.17) is 20.8 Å². The number of ether oxygens (including phenoxy) is 1. The fraction of sp³-hybridized carbons (Fsp3) is 0.130. The van der Waals surface area contributed by atoms with Crippen LogP contribution in [0.5, 0.6) is 5.75 Å². The summed E-state index contributed by atoms with van der Waals surface area (Å²) in [5.74, 6) is 0.0264. The molecule has 3 aromatic rings. The lowest BCUT2D eigenvalue weighted by molar-refractivity contribution is -0.132. The van der Waals surface area contributed by atoms with E-state index in [-0.39, 0.29) is 18.3 Å². The first-order valence-corrected chi connectivity index (χ1v) is 9.36. The minimum atomic E-state index is -0.483. The molecule has 6 heteroatoms. The average Bonchev–Trinajstić information content (AvgIpc) is 2.72. The predicted molar refractivity (Wildman–Crippen MR) is 115 cm³/mol. The van der Waals surface area contributed by atoms with Crippen LogP contribution in [-0.4, -0.2) is 30.5 Å². The summed E-state index contributed by atoms with van der Waals surface area (Å²) >= 11 is 6.39. The maximum absolute atomic E-state index is 12.4. The van der Waals surface area contributed by atoms with Gasteiger partial charge in [-0.3, -0.25) is 4.79 Å². The molecule has 0 atom stereocenters. The highest BCUT2D eigenvalue weighted by molar-refractivity contribution is 6.33. The Kier molecular flexibility index (Phi) is 6.52. The normalized spacial score (nSPS) is 10.5. The molecule has 148 valence electrons. The van der Waals surface area contributed by atoms with Gasteiger partial charge in [-0.2, -0.15) is 0 Å². The quantitative estimate of drug-likeness (QED) is 0.400. The molecule has 29 heavy (non-hydrogen) atoms. The third kappa shape index (κ3) is 4.76. The van der Waals surface area contributed by atoms with Gasteiger partial charge in [0.05, 0.1) is 5.02 Å². The number of hydrogen-bond donors (Lipinski definition) is 0. The van der Waals surface area contributed by atoms with Crippen molar-refractivity contribution in [3.8, 4) is 16.9 Å². The number of amides is 1. The number of fused-ring (bicyclic) bond motifs is 1. The Bertz CT molecular complexity index is 1100. The van der Waals surface area contributed by atoms with E-state index in [1.54, 1.807) is 23.1 Å². The van der Waals surface area contributed by atoms with Crippen molar-refractivity contribution in [1.82, 2.24) is 4.90 Å². The van der Waals surface area contributed by atoms with Crippen LogP contribution in [0, 0.1) is 0 Å². The van der Waals surface area contributed by atoms with E-state index in [9.17, 15) is 9.59 Å². The first-order valence-electron chi connectivity index (χ1n) is 8.98. The zero-order valence-electron chi connectivity index (χ0n) is 15.8. The lowest BCUT2D eigenvalue weighted by Gasteiger charge is -2.19. The van der Waals surface area contributed by atoms with Crippen LogP contribution in [0.1, 0.15) is 0 Å². The molecule has 0 saturated carbocycles. The number of hydrogen-bond acceptors (Lipinski definition) is 4. The van der Waals surface area contributed by atoms with Gasteiger partial charge in [-0.05, 0) is 17.2 Å². The summed E-state index contributed by atoms with van der Waals surface area (Å²) in [7, 11) is 0. The first-order chi connectivity index (χ1) is 14.0. The molecule has 0 aliphatic heterocycles. The standard InChI is InChI=1S/C23H20ClNO4/c1-3-10-25(11-4-2)22(26)15-28-21-14-20-18(12-19(21)24)17(13-23(27)29-20)16-8-6-5-7-9-16/h3-9,12-14H,1-2,10-11,15H2. The summed E-state index contributed by atoms with van der Waals surface area (Å²) in [4.78, 5) is 26.0. The highest BCUT2D eigenvalue weighted by atomic mass is 35.5. The van der Waals surface area contributed by atoms with E-state index in [1.807, 2.05) is 30.3 Å². The molecule has 1 heterocycles. The van der Waals surface area contributed by atoms with Gasteiger partial charge in [0.2, 0.25) is 0 Å². The second-order valence-corrected chi connectivity index (χ2v) is 6.70. The van der Waals surface area contributed by atoms with Crippen LogP contribution in [0.15, 0.2) is 83.1 Å². The van der Waals surface area contributed by atoms with E-state index in [1.165, 1.54) is 12.1 Å². The summed E-state index contributed by atoms with van der Waals surface area (Å²) < 4.78 is 10.9. The lowest BCUT2D eigenvalue weighted by Crippen LogP contribution is -2.35. The van der Waals surface area contributed by atoms with Crippen molar-refractivity contribution in [2.45, 2.75) is 0 Å². The van der Waals surface area contributed by atoms with Gasteiger partial charge in [0.25, 0.3) is 5.91 Å². The van der Waals surface area contributed by atoms with E-state index in [0.29, 0.717) is 34.6 Å². The fourth-order valence-electron chi connectivity index (χ4n) is 2.95. The number of nitrogens with zero attached hydrogens (tertiary/aromatic N) is 1. The van der Waals surface area contributed by atoms with E-state index in [0.717, 1.165) is 5.56 Å². The second kappa shape index (κ2) is 9.26. The Balaban J connectivity index is 1.92. The smallest absolute Gasteiger partial charge is 0.336 e. The Hall–Kier alpha value is -3.31. The van der Waals surface area contributed by atoms with Crippen LogP contribution in [0.2, 0.25) is 5.02 Å². The molecule has 3 rings (SSSR count). The topological polar surface area (TPSA) is 59.8 Å². The summed E-state index contributed by atoms with van der Waals surface area (Å²) in [6.45, 7) is 7.84. The summed E-state index contributed by atoms with van der Waals surface area (Å²) in [6, 6.07) is 14.1. The molecule has 0 N–H and O–H groups in total. The number of carbonyl (C=O) groups excluding carboxylic acids is 1. The van der Waals surface area contributed by atoms with E-state index in [2.05, 4.69) is 13.2 Å². The largest absolute Gasteiger partial charge is 0.482 e. The molecular formula is C23H20ClNO4. The van der Waals surface area contributed by atoms with Crippen LogP contribution < -0.4 is 10.4 Å². The van der Waals surface area contributed by atoms with Gasteiger partial charge >= 0.3 is 5.63 Å². The van der Waals surface area contributed by atoms with Gasteiger partial charge in [-0.25, -0.2) is 4.79 Å². The SMILES string of the molecule is C=CCN(CC=C)C(=O)COc1cc2oc(=O)cc(-c3ccccc3)c2cc1Cl. The highest BCUT2D eigenvalue weighted by Gasteiger charge is 2.15. The van der Waals surface area contributed by atoms with Crippen LogP contribution in [0.4, 0.5) is 0 Å². The average molecular weight is 410 g/mol. The second-order valence-electron chi connectivity index (χ2n) is 6.29. The molecule has 0 unspecified atom stereocenters. The van der Waals surface area contributed by atoms with Crippen LogP contribution in [-0.2, 0) is 4.79 Å². The van der Waals surface area contributed by atoms with Crippen molar-refractivity contribution < 1.29 is 13.9 Å². The molecule has 0 spiro atoms. The lowest BCUT2D eigenvalue weighted by atomic mass is 10.0. The van der Waals surface area contributed by atoms with Gasteiger partial charge in [-0.15, -0.1) is 13.2 Å². The molecule has 1 aromatic heterocycles. The van der Waals surface area contributed by atoms with Gasteiger partial charge < -0.3 is 14.1 Å². The van der Waals surface area contributed by atoms with Crippen molar-refractivity contribution >= 4 is 28.5 Å². The first kappa shape index (κ1) is 20.4. The van der Waals surface area contributed by atoms with Gasteiger partial charge in [-0.1, -0.05) is 54.1 Å². The van der Waals surface area contributed by atoms with Gasteiger partial charge in [0.1, 0.15) is 11.3 Å². The predicted octanol–water partition coefficient (Wildman–Crippen LogP) is 4.69. The van der Waals surface area contributed by atoms with Crippen LogP contribution in [0.25, 0.3) is 22.1 Å². The summed E-state index contributed by atoms with van der Waals surface area (Å²) in [5, 5.41) is 0.995. The third-order valence-corrected chi connectivity index (χ3v) is 4.58. The van der Waals surface area contributed by atoms with Gasteiger partial charge in [0.15, 0.2) is 6.61 Å². The van der Waals surface area contributed by atoms with Crippen molar-refractivity contribution in [3.05, 3.63) is 89.3 Å². The zero-order valence-corrected chi connectivity index (χ0v) is 16.5. The summed E-state index contributed by atoms with van der Waals surface area (Å²) in [5.41, 5.74) is 1.43. The number of benzene rings is 2. The summed E-state index contributed by atoms with van der Waals surface area (Å²) in [6.07, 6.45) is 3.26. The third-order valence-electron chi connectivity index (χ3n) is 4.28. The molecular weight excluding hydrogens is 390 g/mol. The fourth-order valence-corrected chi connectivity index (χ4v) is 3.17. The molecule has 1 amide bonds. The minimum Gasteiger partial charge on any atom is -0.482 e. The van der Waals surface area contributed by atoms with Crippen LogP contribution in [0.3, 0.4) is 0 Å². The maximum Gasteiger partial charge on any atom is 0.336 e. The number of carbonyl (C=O) groups is 1. The number of rotatable bonds is 8. The Morgan fingerprint density at radius 3 is 2.45 bits per heavy atom. The molecule has 2 aromatic carbocycles. The van der Waals surface area contributed by atoms with Crippen molar-refractivity contribution in [2.75, 3.05) is 19.7 Å². The number of halogens is 1. The minimum absolute atomic E-state index is 0.213. The maximum atomic E-state index is 12.4. The molecule has 0 bridgehead atoms. The molecule has 0 aliphatic rings. The molecule has 0 fully saturated rings. The molecule has 0 saturated heterocycles.